The highest BCUT2D eigenvalue weighted by molar-refractivity contribution is 6.31. The molecule has 1 aromatic carbocycles. The van der Waals surface area contributed by atoms with Crippen LogP contribution in [0.5, 0.6) is 5.75 Å². The second-order valence-electron chi connectivity index (χ2n) is 9.69. The van der Waals surface area contributed by atoms with Gasteiger partial charge in [-0.2, -0.15) is 0 Å². The van der Waals surface area contributed by atoms with Crippen LogP contribution in [-0.4, -0.2) is 41.9 Å². The van der Waals surface area contributed by atoms with E-state index in [0.717, 1.165) is 43.4 Å². The minimum Gasteiger partial charge on any atom is -0.496 e. The number of benzene rings is 1. The fraction of sp³-hybridized carbons (Fsp3) is 0.652. The normalized spacial score (nSPS) is 35.0. The number of nitrogens with one attached hydrogen (secondary N) is 1. The standard InChI is InChI=1S/C23H29ClN2O3/c1-29-20-5-4-17(24)10-18(20)22(28)26-6-2-3-19(26)21(27)25-23-11-14-7-15(12-23)9-16(8-14)13-23/h4-5,10,14-16,19H,2-3,6-9,11-13H2,1H3,(H,25,27)/t14?,15?,16?,19-,23?/m0/s1. The van der Waals surface area contributed by atoms with Crippen LogP contribution in [-0.2, 0) is 4.79 Å². The maximum Gasteiger partial charge on any atom is 0.258 e. The third-order valence-electron chi connectivity index (χ3n) is 7.63. The number of carbonyl (C=O) groups is 2. The number of nitrogens with zero attached hydrogens (tertiary/aromatic N) is 1. The first kappa shape index (κ1) is 19.2. The summed E-state index contributed by atoms with van der Waals surface area (Å²) >= 11 is 6.12. The number of carbonyl (C=O) groups excluding carboxylic acids is 2. The predicted molar refractivity (Wildman–Crippen MR) is 111 cm³/mol. The first-order valence-electron chi connectivity index (χ1n) is 10.9. The molecule has 5 nitrogen and oxygen atoms in total. The first-order chi connectivity index (χ1) is 14.0. The van der Waals surface area contributed by atoms with Crippen molar-refractivity contribution in [1.29, 1.82) is 0 Å². The molecule has 1 aromatic rings. The molecule has 4 bridgehead atoms. The minimum atomic E-state index is -0.404. The molecule has 6 rings (SSSR count). The van der Waals surface area contributed by atoms with Gasteiger partial charge in [-0.15, -0.1) is 0 Å². The maximum atomic E-state index is 13.3. The Bertz CT molecular complexity index is 804. The second-order valence-corrected chi connectivity index (χ2v) is 10.1. The van der Waals surface area contributed by atoms with Gasteiger partial charge in [0.05, 0.1) is 12.7 Å². The van der Waals surface area contributed by atoms with Gasteiger partial charge in [0, 0.05) is 17.1 Å². The largest absolute Gasteiger partial charge is 0.496 e. The number of hydrogen-bond donors (Lipinski definition) is 1. The van der Waals surface area contributed by atoms with E-state index in [0.29, 0.717) is 29.3 Å². The smallest absolute Gasteiger partial charge is 0.258 e. The highest BCUT2D eigenvalue weighted by atomic mass is 35.5. The molecular weight excluding hydrogens is 388 g/mol. The van der Waals surface area contributed by atoms with Crippen LogP contribution in [0.1, 0.15) is 61.7 Å². The van der Waals surface area contributed by atoms with E-state index in [4.69, 9.17) is 16.3 Å². The van der Waals surface area contributed by atoms with Crippen LogP contribution >= 0.6 is 11.6 Å². The molecule has 4 saturated carbocycles. The summed E-state index contributed by atoms with van der Waals surface area (Å²) in [4.78, 5) is 28.3. The molecule has 1 saturated heterocycles. The second kappa shape index (κ2) is 7.19. The number of halogens is 1. The van der Waals surface area contributed by atoms with Crippen molar-refractivity contribution in [1.82, 2.24) is 10.2 Å². The number of likely N-dealkylation sites (tertiary alicyclic amines) is 1. The van der Waals surface area contributed by atoms with E-state index in [2.05, 4.69) is 5.32 Å². The van der Waals surface area contributed by atoms with Gasteiger partial charge in [0.1, 0.15) is 11.8 Å². The van der Waals surface area contributed by atoms with Crippen LogP contribution in [0, 0.1) is 17.8 Å². The van der Waals surface area contributed by atoms with Gasteiger partial charge in [-0.05, 0) is 87.3 Å². The van der Waals surface area contributed by atoms with Crippen LogP contribution in [0.15, 0.2) is 18.2 Å². The van der Waals surface area contributed by atoms with E-state index in [-0.39, 0.29) is 17.4 Å². The quantitative estimate of drug-likeness (QED) is 0.805. The number of amides is 2. The Hall–Kier alpha value is -1.75. The monoisotopic (exact) mass is 416 g/mol. The summed E-state index contributed by atoms with van der Waals surface area (Å²) in [6, 6.07) is 4.64. The first-order valence-corrected chi connectivity index (χ1v) is 11.3. The van der Waals surface area contributed by atoms with Gasteiger partial charge >= 0.3 is 0 Å². The molecule has 1 atom stereocenters. The highest BCUT2D eigenvalue weighted by Gasteiger charge is 2.52. The summed E-state index contributed by atoms with van der Waals surface area (Å²) in [7, 11) is 1.54. The summed E-state index contributed by atoms with van der Waals surface area (Å²) in [5.41, 5.74) is 0.395. The molecular formula is C23H29ClN2O3. The van der Waals surface area contributed by atoms with Crippen LogP contribution in [0.25, 0.3) is 0 Å². The van der Waals surface area contributed by atoms with Crippen LogP contribution in [0.2, 0.25) is 5.02 Å². The summed E-state index contributed by atoms with van der Waals surface area (Å²) < 4.78 is 5.36. The molecule has 29 heavy (non-hydrogen) atoms. The average Bonchev–Trinajstić information content (AvgIpc) is 3.16. The molecule has 0 unspecified atom stereocenters. The molecule has 1 aliphatic heterocycles. The molecule has 0 spiro atoms. The number of ether oxygens (including phenoxy) is 1. The van der Waals surface area contributed by atoms with E-state index in [1.807, 2.05) is 0 Å². The van der Waals surface area contributed by atoms with Gasteiger partial charge in [0.15, 0.2) is 0 Å². The molecule has 1 N–H and O–H groups in total. The molecule has 0 aromatic heterocycles. The Morgan fingerprint density at radius 1 is 1.14 bits per heavy atom. The van der Waals surface area contributed by atoms with Crippen LogP contribution in [0.4, 0.5) is 0 Å². The number of methoxy groups -OCH3 is 1. The molecule has 156 valence electrons. The lowest BCUT2D eigenvalue weighted by molar-refractivity contribution is -0.130. The van der Waals surface area contributed by atoms with Crippen molar-refractivity contribution in [2.45, 2.75) is 62.9 Å². The molecule has 5 fully saturated rings. The van der Waals surface area contributed by atoms with Crippen molar-refractivity contribution in [3.8, 4) is 5.75 Å². The van der Waals surface area contributed by atoms with Crippen LogP contribution < -0.4 is 10.1 Å². The molecule has 4 aliphatic carbocycles. The maximum absolute atomic E-state index is 13.3. The Balaban J connectivity index is 1.34. The fourth-order valence-corrected chi connectivity index (χ4v) is 7.06. The summed E-state index contributed by atoms with van der Waals surface area (Å²) in [6.45, 7) is 0.591. The van der Waals surface area contributed by atoms with Gasteiger partial charge in [-0.1, -0.05) is 11.6 Å². The highest BCUT2D eigenvalue weighted by Crippen LogP contribution is 2.55. The molecule has 2 amide bonds. The van der Waals surface area contributed by atoms with Gasteiger partial charge in [-0.25, -0.2) is 0 Å². The predicted octanol–water partition coefficient (Wildman–Crippen LogP) is 4.04. The Labute approximate surface area is 177 Å². The topological polar surface area (TPSA) is 58.6 Å². The zero-order valence-electron chi connectivity index (χ0n) is 17.0. The van der Waals surface area contributed by atoms with Gasteiger partial charge in [0.2, 0.25) is 5.91 Å². The van der Waals surface area contributed by atoms with Crippen molar-refractivity contribution in [2.75, 3.05) is 13.7 Å². The Morgan fingerprint density at radius 2 is 1.79 bits per heavy atom. The fourth-order valence-electron chi connectivity index (χ4n) is 6.89. The molecule has 6 heteroatoms. The lowest BCUT2D eigenvalue weighted by Crippen LogP contribution is -2.62. The average molecular weight is 417 g/mol. The van der Waals surface area contributed by atoms with Gasteiger partial charge in [-0.3, -0.25) is 9.59 Å². The van der Waals surface area contributed by atoms with E-state index in [1.54, 1.807) is 30.2 Å². The Morgan fingerprint density at radius 3 is 2.41 bits per heavy atom. The van der Waals surface area contributed by atoms with Crippen molar-refractivity contribution in [3.05, 3.63) is 28.8 Å². The van der Waals surface area contributed by atoms with Crippen LogP contribution in [0.3, 0.4) is 0 Å². The molecule has 5 aliphatic rings. The summed E-state index contributed by atoms with van der Waals surface area (Å²) in [6.07, 6.45) is 8.95. The molecule has 1 heterocycles. The lowest BCUT2D eigenvalue weighted by atomic mass is 9.53. The van der Waals surface area contributed by atoms with Gasteiger partial charge in [0.25, 0.3) is 5.91 Å². The number of hydrogen-bond acceptors (Lipinski definition) is 3. The minimum absolute atomic E-state index is 0.0267. The SMILES string of the molecule is COc1ccc(Cl)cc1C(=O)N1CCC[C@H]1C(=O)NC12CC3CC(CC(C3)C1)C2. The third kappa shape index (κ3) is 3.41. The van der Waals surface area contributed by atoms with Crippen molar-refractivity contribution in [2.24, 2.45) is 17.8 Å². The zero-order chi connectivity index (χ0) is 20.2. The van der Waals surface area contributed by atoms with E-state index >= 15 is 0 Å². The molecule has 0 radical (unpaired) electrons. The third-order valence-corrected chi connectivity index (χ3v) is 7.87. The van der Waals surface area contributed by atoms with E-state index < -0.39 is 6.04 Å². The van der Waals surface area contributed by atoms with Gasteiger partial charge < -0.3 is 15.0 Å². The summed E-state index contributed by atoms with van der Waals surface area (Å²) in [5, 5.41) is 3.94. The van der Waals surface area contributed by atoms with Crippen molar-refractivity contribution >= 4 is 23.4 Å². The van der Waals surface area contributed by atoms with Crippen molar-refractivity contribution in [3.63, 3.8) is 0 Å². The van der Waals surface area contributed by atoms with Crippen molar-refractivity contribution < 1.29 is 14.3 Å². The zero-order valence-corrected chi connectivity index (χ0v) is 17.7. The van der Waals surface area contributed by atoms with E-state index in [9.17, 15) is 9.59 Å². The Kier molecular flexibility index (Phi) is 4.77. The lowest BCUT2D eigenvalue weighted by Gasteiger charge is -2.57. The summed E-state index contributed by atoms with van der Waals surface area (Å²) in [5.74, 6) is 2.67. The number of rotatable bonds is 4. The van der Waals surface area contributed by atoms with E-state index in [1.165, 1.54) is 19.3 Å².